The minimum absolute atomic E-state index is 0.00290. The highest BCUT2D eigenvalue weighted by Gasteiger charge is 2.37. The van der Waals surface area contributed by atoms with Gasteiger partial charge in [0.2, 0.25) is 0 Å². The molecule has 2 aromatic rings. The molecule has 0 aromatic heterocycles. The van der Waals surface area contributed by atoms with Crippen molar-refractivity contribution in [1.82, 2.24) is 0 Å². The van der Waals surface area contributed by atoms with Crippen molar-refractivity contribution < 1.29 is 0 Å². The topological polar surface area (TPSA) is 15.6 Å². The Balaban J connectivity index is 1.90. The lowest BCUT2D eigenvalue weighted by Crippen LogP contribution is -2.22. The van der Waals surface area contributed by atoms with Gasteiger partial charge in [0.05, 0.1) is 5.69 Å². The van der Waals surface area contributed by atoms with E-state index in [0.717, 1.165) is 10.2 Å². The van der Waals surface area contributed by atoms with Crippen molar-refractivity contribution >= 4 is 33.5 Å². The molecule has 1 aliphatic rings. The number of hydrogen-bond acceptors (Lipinski definition) is 2. The van der Waals surface area contributed by atoms with E-state index in [9.17, 15) is 0 Å². The highest BCUT2D eigenvalue weighted by Crippen LogP contribution is 2.46. The van der Waals surface area contributed by atoms with E-state index in [0.29, 0.717) is 0 Å². The van der Waals surface area contributed by atoms with Crippen LogP contribution in [0, 0.1) is 0 Å². The van der Waals surface area contributed by atoms with Gasteiger partial charge in [0.1, 0.15) is 0 Å². The maximum absolute atomic E-state index is 4.52. The van der Waals surface area contributed by atoms with Crippen LogP contribution in [0.25, 0.3) is 0 Å². The minimum atomic E-state index is -0.00290. The van der Waals surface area contributed by atoms with Gasteiger partial charge in [-0.2, -0.15) is 0 Å². The Morgan fingerprint density at radius 3 is 2.41 bits per heavy atom. The lowest BCUT2D eigenvalue weighted by Gasteiger charge is -2.23. The Kier molecular flexibility index (Phi) is 3.92. The van der Waals surface area contributed by atoms with Gasteiger partial charge in [0.15, 0.2) is 0 Å². The largest absolute Gasteiger partial charge is 0.347 e. The van der Waals surface area contributed by atoms with Gasteiger partial charge >= 0.3 is 0 Å². The molecule has 112 valence electrons. The zero-order valence-corrected chi connectivity index (χ0v) is 14.6. The van der Waals surface area contributed by atoms with Crippen LogP contribution in [-0.2, 0) is 5.41 Å². The van der Waals surface area contributed by atoms with Gasteiger partial charge in [-0.3, -0.25) is 4.99 Å². The Morgan fingerprint density at radius 2 is 1.73 bits per heavy atom. The molecule has 3 rings (SSSR count). The molecule has 0 saturated carbocycles. The Bertz CT molecular complexity index is 742. The molecular weight excluding hydrogens is 336 g/mol. The molecule has 0 bridgehead atoms. The fraction of sp³-hybridized carbons (Fsp3) is 0.211. The predicted molar refractivity (Wildman–Crippen MR) is 98.2 cm³/mol. The maximum Gasteiger partial charge on any atom is 0.0630 e. The molecule has 2 nitrogen and oxygen atoms in total. The van der Waals surface area contributed by atoms with Crippen LogP contribution in [0.1, 0.15) is 19.4 Å². The van der Waals surface area contributed by atoms with E-state index in [-0.39, 0.29) is 5.41 Å². The number of hydrogen-bond donors (Lipinski definition) is 0. The second kappa shape index (κ2) is 5.73. The van der Waals surface area contributed by atoms with Gasteiger partial charge in [-0.25, -0.2) is 0 Å². The summed E-state index contributed by atoms with van der Waals surface area (Å²) in [5.41, 5.74) is 4.85. The fourth-order valence-electron chi connectivity index (χ4n) is 3.02. The average molecular weight is 355 g/mol. The van der Waals surface area contributed by atoms with E-state index in [4.69, 9.17) is 0 Å². The lowest BCUT2D eigenvalue weighted by atomic mass is 9.84. The van der Waals surface area contributed by atoms with E-state index in [1.165, 1.54) is 16.9 Å². The van der Waals surface area contributed by atoms with Crippen LogP contribution in [0.3, 0.4) is 0 Å². The number of aliphatic imine (C=N–C) groups is 1. The molecule has 0 aliphatic carbocycles. The summed E-state index contributed by atoms with van der Waals surface area (Å²) < 4.78 is 1.07. The lowest BCUT2D eigenvalue weighted by molar-refractivity contribution is 0.641. The van der Waals surface area contributed by atoms with E-state index in [2.05, 4.69) is 77.1 Å². The number of likely N-dealkylation sites (N-methyl/N-ethyl adjacent to an activating group) is 1. The Labute approximate surface area is 140 Å². The van der Waals surface area contributed by atoms with E-state index in [1.807, 2.05) is 30.5 Å². The molecule has 0 unspecified atom stereocenters. The molecule has 0 amide bonds. The zero-order valence-electron chi connectivity index (χ0n) is 13.0. The number of halogens is 1. The predicted octanol–water partition coefficient (Wildman–Crippen LogP) is 5.46. The van der Waals surface area contributed by atoms with E-state index >= 15 is 0 Å². The second-order valence-corrected chi connectivity index (χ2v) is 6.92. The summed E-state index contributed by atoms with van der Waals surface area (Å²) in [4.78, 5) is 6.78. The Morgan fingerprint density at radius 1 is 1.05 bits per heavy atom. The smallest absolute Gasteiger partial charge is 0.0630 e. The van der Waals surface area contributed by atoms with Crippen LogP contribution in [0.2, 0.25) is 0 Å². The number of anilines is 1. The van der Waals surface area contributed by atoms with Crippen LogP contribution in [-0.4, -0.2) is 13.3 Å². The minimum Gasteiger partial charge on any atom is -0.347 e. The van der Waals surface area contributed by atoms with Crippen LogP contribution >= 0.6 is 15.9 Å². The summed E-state index contributed by atoms with van der Waals surface area (Å²) in [5.74, 6) is 0. The van der Waals surface area contributed by atoms with E-state index < -0.39 is 0 Å². The molecule has 1 heterocycles. The highest BCUT2D eigenvalue weighted by molar-refractivity contribution is 9.10. The fourth-order valence-corrected chi connectivity index (χ4v) is 3.29. The molecular formula is C19H19BrN2. The standard InChI is InChI=1S/C19H19BrN2/c1-19(2)16-6-4-5-7-17(16)22(3)18(19)12-13-21-15-10-8-14(20)9-11-15/h4-13H,1-3H3. The Hall–Kier alpha value is -1.87. The van der Waals surface area contributed by atoms with Crippen molar-refractivity contribution in [1.29, 1.82) is 0 Å². The molecule has 3 heteroatoms. The normalized spacial score (nSPS) is 18.2. The van der Waals surface area contributed by atoms with Crippen molar-refractivity contribution in [3.8, 4) is 0 Å². The van der Waals surface area contributed by atoms with Crippen LogP contribution in [0.4, 0.5) is 11.4 Å². The first-order valence-electron chi connectivity index (χ1n) is 7.34. The van der Waals surface area contributed by atoms with Crippen molar-refractivity contribution in [3.63, 3.8) is 0 Å². The molecule has 0 N–H and O–H groups in total. The summed E-state index contributed by atoms with van der Waals surface area (Å²) in [6.45, 7) is 4.52. The number of allylic oxidation sites excluding steroid dienone is 2. The quantitative estimate of drug-likeness (QED) is 0.653. The van der Waals surface area contributed by atoms with Crippen molar-refractivity contribution in [2.75, 3.05) is 11.9 Å². The summed E-state index contributed by atoms with van der Waals surface area (Å²) in [6, 6.07) is 16.6. The first-order valence-corrected chi connectivity index (χ1v) is 8.13. The third-order valence-electron chi connectivity index (χ3n) is 4.22. The molecule has 1 aliphatic heterocycles. The molecule has 0 atom stereocenters. The molecule has 0 fully saturated rings. The number of benzene rings is 2. The maximum atomic E-state index is 4.52. The molecule has 22 heavy (non-hydrogen) atoms. The van der Waals surface area contributed by atoms with E-state index in [1.54, 1.807) is 0 Å². The second-order valence-electron chi connectivity index (χ2n) is 6.01. The van der Waals surface area contributed by atoms with Crippen LogP contribution < -0.4 is 4.90 Å². The van der Waals surface area contributed by atoms with Gasteiger partial charge in [-0.15, -0.1) is 0 Å². The number of nitrogens with zero attached hydrogens (tertiary/aromatic N) is 2. The number of para-hydroxylation sites is 1. The van der Waals surface area contributed by atoms with Crippen LogP contribution in [0.15, 0.2) is 69.8 Å². The van der Waals surface area contributed by atoms with Gasteiger partial charge in [-0.05, 0) is 42.0 Å². The summed E-state index contributed by atoms with van der Waals surface area (Å²) in [5, 5.41) is 0. The third kappa shape index (κ3) is 2.61. The average Bonchev–Trinajstić information content (AvgIpc) is 2.70. The summed E-state index contributed by atoms with van der Waals surface area (Å²) in [6.07, 6.45) is 4.00. The molecule has 0 spiro atoms. The first kappa shape index (κ1) is 15.0. The SMILES string of the molecule is CN1C(=CC=Nc2ccc(Br)cc2)C(C)(C)c2ccccc21. The van der Waals surface area contributed by atoms with Gasteiger partial charge < -0.3 is 4.90 Å². The van der Waals surface area contributed by atoms with Crippen molar-refractivity contribution in [2.24, 2.45) is 4.99 Å². The van der Waals surface area contributed by atoms with Gasteiger partial charge in [0.25, 0.3) is 0 Å². The first-order chi connectivity index (χ1) is 10.5. The number of fused-ring (bicyclic) bond motifs is 1. The van der Waals surface area contributed by atoms with Gasteiger partial charge in [0, 0.05) is 34.5 Å². The van der Waals surface area contributed by atoms with Crippen LogP contribution in [0.5, 0.6) is 0 Å². The zero-order chi connectivity index (χ0) is 15.7. The van der Waals surface area contributed by atoms with Crippen molar-refractivity contribution in [2.45, 2.75) is 19.3 Å². The summed E-state index contributed by atoms with van der Waals surface area (Å²) >= 11 is 3.44. The van der Waals surface area contributed by atoms with Crippen molar-refractivity contribution in [3.05, 3.63) is 70.3 Å². The van der Waals surface area contributed by atoms with Gasteiger partial charge in [-0.1, -0.05) is 48.0 Å². The highest BCUT2D eigenvalue weighted by atomic mass is 79.9. The molecule has 2 aromatic carbocycles. The third-order valence-corrected chi connectivity index (χ3v) is 4.75. The monoisotopic (exact) mass is 354 g/mol. The summed E-state index contributed by atoms with van der Waals surface area (Å²) in [7, 11) is 2.12. The molecule has 0 radical (unpaired) electrons. The molecule has 0 saturated heterocycles. The number of rotatable bonds is 2.